The Morgan fingerprint density at radius 2 is 2.41 bits per heavy atom. The fourth-order valence-corrected chi connectivity index (χ4v) is 4.01. The molecule has 2 saturated heterocycles. The molecule has 122 valence electrons. The number of amides is 1. The molecule has 3 heterocycles. The Bertz CT molecular complexity index is 496. The average Bonchev–Trinajstić information content (AvgIpc) is 3.08. The third-order valence-electron chi connectivity index (χ3n) is 4.42. The highest BCUT2D eigenvalue weighted by Crippen LogP contribution is 2.34. The number of thiazole rings is 1. The van der Waals surface area contributed by atoms with Crippen LogP contribution in [0.1, 0.15) is 11.4 Å². The van der Waals surface area contributed by atoms with Crippen LogP contribution in [0, 0.1) is 5.41 Å². The summed E-state index contributed by atoms with van der Waals surface area (Å²) in [7, 11) is 1.56. The fourth-order valence-electron chi connectivity index (χ4n) is 3.35. The van der Waals surface area contributed by atoms with Gasteiger partial charge in [0.2, 0.25) is 5.91 Å². The van der Waals surface area contributed by atoms with E-state index in [0.717, 1.165) is 44.2 Å². The molecule has 0 aromatic carbocycles. The first kappa shape index (κ1) is 15.9. The molecule has 1 spiro atoms. The fraction of sp³-hybridized carbons (Fsp3) is 0.733. The summed E-state index contributed by atoms with van der Waals surface area (Å²) in [6, 6.07) is 0. The van der Waals surface area contributed by atoms with E-state index in [1.807, 2.05) is 16.5 Å². The lowest BCUT2D eigenvalue weighted by atomic mass is 9.87. The zero-order chi connectivity index (χ0) is 15.4. The molecule has 2 fully saturated rings. The number of carbonyl (C=O) groups excluding carboxylic acids is 1. The average molecular weight is 325 g/mol. The van der Waals surface area contributed by atoms with Crippen LogP contribution < -0.4 is 0 Å². The summed E-state index contributed by atoms with van der Waals surface area (Å²) in [5.41, 5.74) is 0.0527. The van der Waals surface area contributed by atoms with Gasteiger partial charge in [-0.1, -0.05) is 0 Å². The zero-order valence-electron chi connectivity index (χ0n) is 13.0. The van der Waals surface area contributed by atoms with Crippen molar-refractivity contribution < 1.29 is 14.3 Å². The number of hydrogen-bond donors (Lipinski definition) is 0. The standard InChI is InChI=1S/C15H23N3O3S/c1-20-9-14(19)18-5-6-21-12-15(11-18)2-4-17(10-15)8-13-16-3-7-22-13/h3,7H,2,4-6,8-12H2,1H3/t15-/m1/s1. The summed E-state index contributed by atoms with van der Waals surface area (Å²) in [6.07, 6.45) is 2.92. The molecule has 0 unspecified atom stereocenters. The molecule has 3 rings (SSSR count). The number of likely N-dealkylation sites (tertiary alicyclic amines) is 1. The molecule has 6 nitrogen and oxygen atoms in total. The van der Waals surface area contributed by atoms with Gasteiger partial charge < -0.3 is 14.4 Å². The van der Waals surface area contributed by atoms with Gasteiger partial charge >= 0.3 is 0 Å². The topological polar surface area (TPSA) is 54.9 Å². The first-order valence-electron chi connectivity index (χ1n) is 7.66. The van der Waals surface area contributed by atoms with Crippen molar-refractivity contribution in [3.63, 3.8) is 0 Å². The molecule has 2 aliphatic heterocycles. The van der Waals surface area contributed by atoms with Gasteiger partial charge in [-0.25, -0.2) is 4.98 Å². The second kappa shape index (κ2) is 7.04. The molecule has 1 aromatic heterocycles. The molecule has 2 aliphatic rings. The van der Waals surface area contributed by atoms with Gasteiger partial charge in [-0.15, -0.1) is 11.3 Å². The molecule has 0 aliphatic carbocycles. The number of hydrogen-bond acceptors (Lipinski definition) is 6. The van der Waals surface area contributed by atoms with Crippen LogP contribution in [0.5, 0.6) is 0 Å². The summed E-state index contributed by atoms with van der Waals surface area (Å²) in [6.45, 7) is 5.82. The van der Waals surface area contributed by atoms with E-state index in [1.54, 1.807) is 18.4 Å². The van der Waals surface area contributed by atoms with Crippen molar-refractivity contribution in [3.8, 4) is 0 Å². The smallest absolute Gasteiger partial charge is 0.248 e. The Kier molecular flexibility index (Phi) is 5.07. The number of ether oxygens (including phenoxy) is 2. The minimum Gasteiger partial charge on any atom is -0.379 e. The highest BCUT2D eigenvalue weighted by molar-refractivity contribution is 7.09. The second-order valence-corrected chi connectivity index (χ2v) is 7.17. The van der Waals surface area contributed by atoms with Gasteiger partial charge in [0.25, 0.3) is 0 Å². The van der Waals surface area contributed by atoms with E-state index >= 15 is 0 Å². The Balaban J connectivity index is 1.63. The lowest BCUT2D eigenvalue weighted by Crippen LogP contribution is -2.44. The van der Waals surface area contributed by atoms with E-state index in [2.05, 4.69) is 9.88 Å². The number of carbonyl (C=O) groups is 1. The summed E-state index contributed by atoms with van der Waals surface area (Å²) < 4.78 is 10.8. The molecular weight excluding hydrogens is 302 g/mol. The van der Waals surface area contributed by atoms with E-state index < -0.39 is 0 Å². The van der Waals surface area contributed by atoms with Crippen molar-refractivity contribution in [2.75, 3.05) is 53.1 Å². The van der Waals surface area contributed by atoms with Crippen molar-refractivity contribution in [2.45, 2.75) is 13.0 Å². The summed E-state index contributed by atoms with van der Waals surface area (Å²) in [5.74, 6) is 0.0609. The highest BCUT2D eigenvalue weighted by Gasteiger charge is 2.42. The molecule has 22 heavy (non-hydrogen) atoms. The Morgan fingerprint density at radius 3 is 3.18 bits per heavy atom. The van der Waals surface area contributed by atoms with Gasteiger partial charge in [-0.3, -0.25) is 9.69 Å². The quantitative estimate of drug-likeness (QED) is 0.821. The van der Waals surface area contributed by atoms with E-state index in [4.69, 9.17) is 9.47 Å². The van der Waals surface area contributed by atoms with Crippen LogP contribution in [-0.2, 0) is 20.8 Å². The molecule has 0 N–H and O–H groups in total. The maximum atomic E-state index is 12.2. The molecule has 1 aromatic rings. The van der Waals surface area contributed by atoms with Gasteiger partial charge in [0.05, 0.1) is 19.8 Å². The predicted molar refractivity (Wildman–Crippen MR) is 83.7 cm³/mol. The summed E-state index contributed by atoms with van der Waals surface area (Å²) in [4.78, 5) is 20.8. The number of nitrogens with zero attached hydrogens (tertiary/aromatic N) is 3. The van der Waals surface area contributed by atoms with Gasteiger partial charge in [0.1, 0.15) is 11.6 Å². The van der Waals surface area contributed by atoms with Crippen LogP contribution in [-0.4, -0.2) is 73.8 Å². The summed E-state index contributed by atoms with van der Waals surface area (Å²) >= 11 is 1.70. The van der Waals surface area contributed by atoms with Crippen molar-refractivity contribution in [1.82, 2.24) is 14.8 Å². The SMILES string of the molecule is COCC(=O)N1CCOC[C@@]2(CCN(Cc3nccs3)C2)C1. The third kappa shape index (κ3) is 3.65. The minimum absolute atomic E-state index is 0.0527. The van der Waals surface area contributed by atoms with Crippen LogP contribution >= 0.6 is 11.3 Å². The first-order valence-corrected chi connectivity index (χ1v) is 8.54. The molecule has 0 radical (unpaired) electrons. The molecule has 1 amide bonds. The van der Waals surface area contributed by atoms with Gasteiger partial charge in [0, 0.05) is 43.7 Å². The maximum absolute atomic E-state index is 12.2. The number of aromatic nitrogens is 1. The highest BCUT2D eigenvalue weighted by atomic mass is 32.1. The van der Waals surface area contributed by atoms with Crippen LogP contribution in [0.2, 0.25) is 0 Å². The normalized spacial score (nSPS) is 26.5. The third-order valence-corrected chi connectivity index (χ3v) is 5.18. The van der Waals surface area contributed by atoms with E-state index in [1.165, 1.54) is 0 Å². The predicted octanol–water partition coefficient (Wildman–Crippen LogP) is 0.840. The molecule has 0 saturated carbocycles. The molecular formula is C15H23N3O3S. The van der Waals surface area contributed by atoms with Crippen molar-refractivity contribution >= 4 is 17.2 Å². The molecule has 0 bridgehead atoms. The minimum atomic E-state index is 0.0527. The van der Waals surface area contributed by atoms with Gasteiger partial charge in [0.15, 0.2) is 0 Å². The van der Waals surface area contributed by atoms with Crippen LogP contribution in [0.25, 0.3) is 0 Å². The Morgan fingerprint density at radius 1 is 1.50 bits per heavy atom. The monoisotopic (exact) mass is 325 g/mol. The lowest BCUT2D eigenvalue weighted by molar-refractivity contribution is -0.136. The Hall–Kier alpha value is -1.02. The van der Waals surface area contributed by atoms with Gasteiger partial charge in [-0.2, -0.15) is 0 Å². The molecule has 1 atom stereocenters. The summed E-state index contributed by atoms with van der Waals surface area (Å²) in [5, 5.41) is 3.17. The maximum Gasteiger partial charge on any atom is 0.248 e. The number of rotatable bonds is 4. The van der Waals surface area contributed by atoms with Crippen molar-refractivity contribution in [3.05, 3.63) is 16.6 Å². The van der Waals surface area contributed by atoms with Crippen molar-refractivity contribution in [2.24, 2.45) is 5.41 Å². The van der Waals surface area contributed by atoms with Gasteiger partial charge in [-0.05, 0) is 13.0 Å². The van der Waals surface area contributed by atoms with Crippen molar-refractivity contribution in [1.29, 1.82) is 0 Å². The first-order chi connectivity index (χ1) is 10.7. The molecule has 7 heteroatoms. The lowest BCUT2D eigenvalue weighted by Gasteiger charge is -2.31. The van der Waals surface area contributed by atoms with E-state index in [-0.39, 0.29) is 17.9 Å². The van der Waals surface area contributed by atoms with Crippen LogP contribution in [0.3, 0.4) is 0 Å². The largest absolute Gasteiger partial charge is 0.379 e. The number of methoxy groups -OCH3 is 1. The van der Waals surface area contributed by atoms with Crippen LogP contribution in [0.4, 0.5) is 0 Å². The van der Waals surface area contributed by atoms with E-state index in [9.17, 15) is 4.79 Å². The Labute approximate surface area is 135 Å². The zero-order valence-corrected chi connectivity index (χ0v) is 13.8. The van der Waals surface area contributed by atoms with Crippen LogP contribution in [0.15, 0.2) is 11.6 Å². The van der Waals surface area contributed by atoms with E-state index in [0.29, 0.717) is 13.2 Å². The second-order valence-electron chi connectivity index (χ2n) is 6.19.